The van der Waals surface area contributed by atoms with Crippen LogP contribution >= 0.6 is 0 Å². The van der Waals surface area contributed by atoms with Crippen molar-refractivity contribution in [3.8, 4) is 0 Å². The van der Waals surface area contributed by atoms with Gasteiger partial charge in [0.1, 0.15) is 5.82 Å². The first-order valence-electron chi connectivity index (χ1n) is 10.3. The highest BCUT2D eigenvalue weighted by Crippen LogP contribution is 2.26. The highest BCUT2D eigenvalue weighted by molar-refractivity contribution is 5.94. The molecule has 0 saturated carbocycles. The van der Waals surface area contributed by atoms with E-state index in [1.54, 1.807) is 30.3 Å². The number of amides is 2. The number of hydrogen-bond donors (Lipinski definition) is 2. The number of likely N-dealkylation sites (N-methyl/N-ethyl adjacent to an activating group) is 1. The molecular weight excluding hydrogens is 376 g/mol. The third-order valence-corrected chi connectivity index (χ3v) is 5.72. The number of H-pyrrole nitrogens is 1. The summed E-state index contributed by atoms with van der Waals surface area (Å²) in [4.78, 5) is 33.6. The fraction of sp³-hybridized carbons (Fsp3) is 0.292. The number of rotatable bonds is 5. The first-order chi connectivity index (χ1) is 14.5. The predicted molar refractivity (Wildman–Crippen MR) is 119 cm³/mol. The summed E-state index contributed by atoms with van der Waals surface area (Å²) < 4.78 is 0. The number of carbonyl (C=O) groups is 2. The largest absolute Gasteiger partial charge is 0.356 e. The average Bonchev–Trinajstić information content (AvgIpc) is 3.07. The number of nitrogens with one attached hydrogen (secondary N) is 2. The molecule has 1 aromatic carbocycles. The lowest BCUT2D eigenvalue weighted by molar-refractivity contribution is -0.125. The van der Waals surface area contributed by atoms with Gasteiger partial charge in [0.15, 0.2) is 0 Å². The lowest BCUT2D eigenvalue weighted by Gasteiger charge is -2.16. The molecule has 1 aliphatic rings. The van der Waals surface area contributed by atoms with E-state index in [1.807, 2.05) is 6.07 Å². The molecule has 6 nitrogen and oxygen atoms in total. The van der Waals surface area contributed by atoms with Gasteiger partial charge >= 0.3 is 0 Å². The van der Waals surface area contributed by atoms with E-state index in [-0.39, 0.29) is 11.8 Å². The summed E-state index contributed by atoms with van der Waals surface area (Å²) in [5.74, 6) is 0.538. The Balaban J connectivity index is 1.47. The highest BCUT2D eigenvalue weighted by atomic mass is 16.2. The predicted octanol–water partition coefficient (Wildman–Crippen LogP) is 3.99. The minimum atomic E-state index is -0.0743. The van der Waals surface area contributed by atoms with Crippen LogP contribution in [0.5, 0.6) is 0 Å². The summed E-state index contributed by atoms with van der Waals surface area (Å²) in [6.07, 6.45) is 7.11. The molecule has 1 aliphatic heterocycles. The molecule has 0 atom stereocenters. The number of anilines is 1. The third kappa shape index (κ3) is 3.85. The zero-order chi connectivity index (χ0) is 21.3. The Morgan fingerprint density at radius 2 is 2.13 bits per heavy atom. The summed E-state index contributed by atoms with van der Waals surface area (Å²) >= 11 is 0. The molecule has 0 fully saturated rings. The van der Waals surface area contributed by atoms with Crippen LogP contribution in [-0.4, -0.2) is 33.7 Å². The molecule has 2 N–H and O–H groups in total. The second kappa shape index (κ2) is 8.14. The highest BCUT2D eigenvalue weighted by Gasteiger charge is 2.16. The molecule has 4 rings (SSSR count). The van der Waals surface area contributed by atoms with E-state index in [9.17, 15) is 9.59 Å². The number of hydrogen-bond acceptors (Lipinski definition) is 3. The molecular formula is C24H26N4O2. The molecule has 30 heavy (non-hydrogen) atoms. The molecule has 6 heteroatoms. The number of para-hydroxylation sites is 1. The zero-order valence-electron chi connectivity index (χ0n) is 17.6. The Morgan fingerprint density at radius 3 is 2.93 bits per heavy atom. The first kappa shape index (κ1) is 19.9. The number of aromatic amines is 1. The second-order valence-electron chi connectivity index (χ2n) is 7.77. The van der Waals surface area contributed by atoms with E-state index in [1.165, 1.54) is 16.5 Å². The van der Waals surface area contributed by atoms with Gasteiger partial charge < -0.3 is 15.2 Å². The maximum absolute atomic E-state index is 12.6. The molecule has 0 saturated heterocycles. The van der Waals surface area contributed by atoms with Crippen LogP contribution < -0.4 is 5.32 Å². The van der Waals surface area contributed by atoms with E-state index >= 15 is 0 Å². The van der Waals surface area contributed by atoms with Crippen molar-refractivity contribution in [3.05, 3.63) is 64.5 Å². The number of nitrogens with zero attached hydrogens (tertiary/aromatic N) is 2. The van der Waals surface area contributed by atoms with Crippen LogP contribution in [0.15, 0.2) is 36.5 Å². The quantitative estimate of drug-likeness (QED) is 0.634. The molecule has 0 aliphatic carbocycles. The fourth-order valence-corrected chi connectivity index (χ4v) is 3.90. The van der Waals surface area contributed by atoms with Crippen molar-refractivity contribution in [1.29, 1.82) is 0 Å². The van der Waals surface area contributed by atoms with E-state index in [0.717, 1.165) is 28.8 Å². The molecule has 0 bridgehead atoms. The van der Waals surface area contributed by atoms with Gasteiger partial charge in [-0.15, -0.1) is 0 Å². The van der Waals surface area contributed by atoms with Gasteiger partial charge in [0.2, 0.25) is 11.8 Å². The molecule has 3 heterocycles. The van der Waals surface area contributed by atoms with E-state index in [4.69, 9.17) is 0 Å². The Bertz CT molecular complexity index is 1160. The average molecular weight is 402 g/mol. The lowest BCUT2D eigenvalue weighted by Crippen LogP contribution is -2.24. The Labute approximate surface area is 176 Å². The van der Waals surface area contributed by atoms with Gasteiger partial charge in [-0.2, -0.15) is 0 Å². The maximum Gasteiger partial charge on any atom is 0.246 e. The SMILES string of the molecule is CCc1cccc2c(C)c(CN(C)C(=O)/C=C/c3cnc4c(c3)CCC(=O)N4)[nH]c12. The second-order valence-corrected chi connectivity index (χ2v) is 7.77. The van der Waals surface area contributed by atoms with Crippen LogP contribution in [0.4, 0.5) is 5.82 Å². The zero-order valence-corrected chi connectivity index (χ0v) is 17.6. The van der Waals surface area contributed by atoms with E-state index < -0.39 is 0 Å². The van der Waals surface area contributed by atoms with Crippen LogP contribution in [0.3, 0.4) is 0 Å². The summed E-state index contributed by atoms with van der Waals surface area (Å²) in [5.41, 5.74) is 6.54. The number of aryl methyl sites for hydroxylation is 3. The van der Waals surface area contributed by atoms with Crippen LogP contribution in [-0.2, 0) is 29.0 Å². The fourth-order valence-electron chi connectivity index (χ4n) is 3.90. The van der Waals surface area contributed by atoms with Gasteiger partial charge in [0.25, 0.3) is 0 Å². The van der Waals surface area contributed by atoms with Crippen LogP contribution in [0.25, 0.3) is 17.0 Å². The van der Waals surface area contributed by atoms with Crippen molar-refractivity contribution >= 4 is 34.6 Å². The molecule has 0 spiro atoms. The summed E-state index contributed by atoms with van der Waals surface area (Å²) in [5, 5.41) is 3.98. The van der Waals surface area contributed by atoms with Crippen molar-refractivity contribution in [2.75, 3.05) is 12.4 Å². The van der Waals surface area contributed by atoms with Crippen LogP contribution in [0.2, 0.25) is 0 Å². The number of fused-ring (bicyclic) bond motifs is 2. The van der Waals surface area contributed by atoms with Crippen LogP contribution in [0.1, 0.15) is 41.3 Å². The number of aromatic nitrogens is 2. The molecule has 2 amide bonds. The number of carbonyl (C=O) groups excluding carboxylic acids is 2. The number of pyridine rings is 1. The summed E-state index contributed by atoms with van der Waals surface area (Å²) in [6.45, 7) is 4.76. The van der Waals surface area contributed by atoms with Crippen molar-refractivity contribution in [3.63, 3.8) is 0 Å². The van der Waals surface area contributed by atoms with Gasteiger partial charge in [-0.05, 0) is 54.2 Å². The van der Waals surface area contributed by atoms with E-state index in [2.05, 4.69) is 47.3 Å². The van der Waals surface area contributed by atoms with E-state index in [0.29, 0.717) is 25.2 Å². The van der Waals surface area contributed by atoms with Gasteiger partial charge in [-0.1, -0.05) is 25.1 Å². The van der Waals surface area contributed by atoms with Gasteiger partial charge in [-0.3, -0.25) is 9.59 Å². The molecule has 154 valence electrons. The molecule has 0 unspecified atom stereocenters. The molecule has 0 radical (unpaired) electrons. The molecule has 2 aromatic heterocycles. The van der Waals surface area contributed by atoms with Crippen LogP contribution in [0, 0.1) is 6.92 Å². The summed E-state index contributed by atoms with van der Waals surface area (Å²) in [6, 6.07) is 8.32. The Kier molecular flexibility index (Phi) is 5.40. The monoisotopic (exact) mass is 402 g/mol. The molecule has 3 aromatic rings. The van der Waals surface area contributed by atoms with Crippen molar-refractivity contribution in [2.24, 2.45) is 0 Å². The standard InChI is InChI=1S/C24H26N4O2/c1-4-17-6-5-7-19-15(2)20(26-23(17)19)14-28(3)22(30)11-8-16-12-18-9-10-21(29)27-24(18)25-13-16/h5-8,11-13,26H,4,9-10,14H2,1-3H3,(H,25,27,29)/b11-8+. The Morgan fingerprint density at radius 1 is 1.30 bits per heavy atom. The Hall–Kier alpha value is -3.41. The maximum atomic E-state index is 12.6. The number of benzene rings is 1. The first-order valence-corrected chi connectivity index (χ1v) is 10.3. The van der Waals surface area contributed by atoms with Crippen molar-refractivity contribution < 1.29 is 9.59 Å². The normalized spacial score (nSPS) is 13.5. The minimum Gasteiger partial charge on any atom is -0.356 e. The van der Waals surface area contributed by atoms with Gasteiger partial charge in [0, 0.05) is 42.3 Å². The van der Waals surface area contributed by atoms with Crippen molar-refractivity contribution in [1.82, 2.24) is 14.9 Å². The summed E-state index contributed by atoms with van der Waals surface area (Å²) in [7, 11) is 1.80. The minimum absolute atomic E-state index is 0.00609. The smallest absolute Gasteiger partial charge is 0.246 e. The van der Waals surface area contributed by atoms with Crippen molar-refractivity contribution in [2.45, 2.75) is 39.7 Å². The lowest BCUT2D eigenvalue weighted by atomic mass is 10.0. The third-order valence-electron chi connectivity index (χ3n) is 5.72. The van der Waals surface area contributed by atoms with Gasteiger partial charge in [-0.25, -0.2) is 4.98 Å². The topological polar surface area (TPSA) is 78.1 Å². The van der Waals surface area contributed by atoms with Gasteiger partial charge in [0.05, 0.1) is 6.54 Å².